The number of carbonyl (C=O) groups excluding carboxylic acids is 1. The zero-order valence-corrected chi connectivity index (χ0v) is 23.6. The first kappa shape index (κ1) is 28.9. The van der Waals surface area contributed by atoms with Gasteiger partial charge in [-0.3, -0.25) is 4.79 Å². The molecule has 1 aromatic carbocycles. The Bertz CT molecular complexity index is 945. The Morgan fingerprint density at radius 2 is 1.67 bits per heavy atom. The predicted molar refractivity (Wildman–Crippen MR) is 144 cm³/mol. The highest BCUT2D eigenvalue weighted by atomic mass is 32.2. The quantitative estimate of drug-likeness (QED) is 0.464. The molecule has 0 atom stereocenters. The van der Waals surface area contributed by atoms with Gasteiger partial charge in [-0.05, 0) is 115 Å². The van der Waals surface area contributed by atoms with E-state index in [1.807, 2.05) is 0 Å². The van der Waals surface area contributed by atoms with Crippen molar-refractivity contribution in [1.29, 1.82) is 0 Å². The van der Waals surface area contributed by atoms with Crippen LogP contribution in [0, 0.1) is 19.8 Å². The summed E-state index contributed by atoms with van der Waals surface area (Å²) in [4.78, 5) is 15.3. The van der Waals surface area contributed by atoms with E-state index in [1.54, 1.807) is 33.1 Å². The van der Waals surface area contributed by atoms with Crippen molar-refractivity contribution in [3.8, 4) is 5.75 Å². The molecule has 0 aromatic heterocycles. The molecule has 1 saturated heterocycles. The van der Waals surface area contributed by atoms with Crippen LogP contribution in [-0.4, -0.2) is 83.0 Å². The van der Waals surface area contributed by atoms with E-state index >= 15 is 0 Å². The number of rotatable bonds is 11. The number of nitrogens with one attached hydrogen (secondary N) is 2. The van der Waals surface area contributed by atoms with E-state index in [9.17, 15) is 13.2 Å². The zero-order chi connectivity index (χ0) is 26.3. The number of sulfonamides is 1. The van der Waals surface area contributed by atoms with Gasteiger partial charge in [-0.1, -0.05) is 0 Å². The van der Waals surface area contributed by atoms with Crippen molar-refractivity contribution in [3.05, 3.63) is 23.3 Å². The summed E-state index contributed by atoms with van der Waals surface area (Å²) in [6, 6.07) is 4.31. The monoisotopic (exact) mass is 522 g/mol. The molecule has 0 spiro atoms. The highest BCUT2D eigenvalue weighted by Gasteiger charge is 2.27. The Balaban J connectivity index is 1.37. The molecule has 3 rings (SSSR count). The number of carbonyl (C=O) groups is 1. The number of ether oxygens (including phenoxy) is 1. The van der Waals surface area contributed by atoms with Gasteiger partial charge in [-0.15, -0.1) is 0 Å². The van der Waals surface area contributed by atoms with E-state index in [0.29, 0.717) is 22.9 Å². The van der Waals surface area contributed by atoms with Crippen LogP contribution in [0.2, 0.25) is 0 Å². The lowest BCUT2D eigenvalue weighted by Gasteiger charge is -2.32. The van der Waals surface area contributed by atoms with Gasteiger partial charge in [-0.25, -0.2) is 12.7 Å². The third-order valence-electron chi connectivity index (χ3n) is 7.91. The third kappa shape index (κ3) is 7.91. The Kier molecular flexibility index (Phi) is 10.6. The Hall–Kier alpha value is -1.68. The molecule has 8 nitrogen and oxygen atoms in total. The summed E-state index contributed by atoms with van der Waals surface area (Å²) in [6.07, 6.45) is 8.14. The average Bonchev–Trinajstić information content (AvgIpc) is 2.84. The minimum atomic E-state index is -3.69. The Morgan fingerprint density at radius 3 is 2.25 bits per heavy atom. The standard InChI is InChI=1S/C27H46N4O4S/c1-20-18-25(35-5)19-21(2)27(20)36(33,34)31(4)17-13-26(32)29-24-8-6-22(7-9-24)10-14-28-23-11-15-30(3)16-12-23/h18-19,22-24,28H,6-17H2,1-5H3,(H,29,32). The van der Waals surface area contributed by atoms with Gasteiger partial charge in [0.05, 0.1) is 12.0 Å². The van der Waals surface area contributed by atoms with Crippen LogP contribution in [0.15, 0.2) is 17.0 Å². The molecule has 0 unspecified atom stereocenters. The molecular formula is C27H46N4O4S. The smallest absolute Gasteiger partial charge is 0.243 e. The maximum absolute atomic E-state index is 13.2. The molecule has 9 heteroatoms. The predicted octanol–water partition coefficient (Wildman–Crippen LogP) is 3.07. The van der Waals surface area contributed by atoms with Crippen molar-refractivity contribution in [3.63, 3.8) is 0 Å². The van der Waals surface area contributed by atoms with Gasteiger partial charge in [0.2, 0.25) is 15.9 Å². The largest absolute Gasteiger partial charge is 0.497 e. The number of methoxy groups -OCH3 is 1. The molecule has 1 aliphatic heterocycles. The third-order valence-corrected chi connectivity index (χ3v) is 10.1. The van der Waals surface area contributed by atoms with Crippen LogP contribution in [0.5, 0.6) is 5.75 Å². The van der Waals surface area contributed by atoms with Gasteiger partial charge in [0.25, 0.3) is 0 Å². The Labute approximate surface area is 218 Å². The fraction of sp³-hybridized carbons (Fsp3) is 0.741. The molecule has 0 radical (unpaired) electrons. The van der Waals surface area contributed by atoms with E-state index in [0.717, 1.165) is 38.1 Å². The molecule has 1 heterocycles. The number of hydrogen-bond donors (Lipinski definition) is 2. The van der Waals surface area contributed by atoms with Gasteiger partial charge in [0.15, 0.2) is 0 Å². The number of aryl methyl sites for hydroxylation is 2. The highest BCUT2D eigenvalue weighted by molar-refractivity contribution is 7.89. The molecule has 1 aliphatic carbocycles. The number of hydrogen-bond acceptors (Lipinski definition) is 6. The zero-order valence-electron chi connectivity index (χ0n) is 22.8. The molecular weight excluding hydrogens is 476 g/mol. The van der Waals surface area contributed by atoms with Crippen molar-refractivity contribution in [2.24, 2.45) is 5.92 Å². The number of amides is 1. The summed E-state index contributed by atoms with van der Waals surface area (Å²) < 4.78 is 32.8. The van der Waals surface area contributed by atoms with Crippen LogP contribution >= 0.6 is 0 Å². The van der Waals surface area contributed by atoms with Crippen molar-refractivity contribution >= 4 is 15.9 Å². The summed E-state index contributed by atoms with van der Waals surface area (Å²) in [6.45, 7) is 7.14. The molecule has 36 heavy (non-hydrogen) atoms. The van der Waals surface area contributed by atoms with Gasteiger partial charge in [0.1, 0.15) is 5.75 Å². The second-order valence-electron chi connectivity index (χ2n) is 10.8. The van der Waals surface area contributed by atoms with Crippen LogP contribution < -0.4 is 15.4 Å². The van der Waals surface area contributed by atoms with Crippen LogP contribution in [-0.2, 0) is 14.8 Å². The Morgan fingerprint density at radius 1 is 1.06 bits per heavy atom. The number of piperidine rings is 1. The molecule has 1 aromatic rings. The number of benzene rings is 1. The van der Waals surface area contributed by atoms with Crippen LogP contribution in [0.25, 0.3) is 0 Å². The van der Waals surface area contributed by atoms with Crippen LogP contribution in [0.1, 0.15) is 62.5 Å². The average molecular weight is 523 g/mol. The van der Waals surface area contributed by atoms with Crippen molar-refractivity contribution in [2.75, 3.05) is 47.4 Å². The van der Waals surface area contributed by atoms with Crippen molar-refractivity contribution < 1.29 is 17.9 Å². The summed E-state index contributed by atoms with van der Waals surface area (Å²) >= 11 is 0. The maximum Gasteiger partial charge on any atom is 0.243 e. The summed E-state index contributed by atoms with van der Waals surface area (Å²) in [5, 5.41) is 6.88. The van der Waals surface area contributed by atoms with Crippen LogP contribution in [0.4, 0.5) is 0 Å². The number of likely N-dealkylation sites (tertiary alicyclic amines) is 1. The van der Waals surface area contributed by atoms with Gasteiger partial charge in [-0.2, -0.15) is 0 Å². The van der Waals surface area contributed by atoms with Gasteiger partial charge in [0, 0.05) is 32.1 Å². The van der Waals surface area contributed by atoms with Crippen molar-refractivity contribution in [2.45, 2.75) is 82.2 Å². The number of nitrogens with zero attached hydrogens (tertiary/aromatic N) is 2. The van der Waals surface area contributed by atoms with Crippen LogP contribution in [0.3, 0.4) is 0 Å². The highest BCUT2D eigenvalue weighted by Crippen LogP contribution is 2.28. The van der Waals surface area contributed by atoms with E-state index in [-0.39, 0.29) is 29.8 Å². The molecule has 1 amide bonds. The minimum absolute atomic E-state index is 0.0763. The lowest BCUT2D eigenvalue weighted by molar-refractivity contribution is -0.122. The molecule has 0 bridgehead atoms. The SMILES string of the molecule is COc1cc(C)c(S(=O)(=O)N(C)CCC(=O)NC2CCC(CCNC3CCN(C)CC3)CC2)c(C)c1. The normalized spacial score (nSPS) is 22.1. The van der Waals surface area contributed by atoms with E-state index in [1.165, 1.54) is 43.7 Å². The van der Waals surface area contributed by atoms with Gasteiger partial charge >= 0.3 is 0 Å². The molecule has 2 N–H and O–H groups in total. The van der Waals surface area contributed by atoms with E-state index in [2.05, 4.69) is 22.6 Å². The first-order chi connectivity index (χ1) is 17.1. The summed E-state index contributed by atoms with van der Waals surface area (Å²) in [5.74, 6) is 1.28. The first-order valence-electron chi connectivity index (χ1n) is 13.4. The molecule has 204 valence electrons. The summed E-state index contributed by atoms with van der Waals surface area (Å²) in [7, 11) is 1.60. The van der Waals surface area contributed by atoms with E-state index < -0.39 is 10.0 Å². The minimum Gasteiger partial charge on any atom is -0.497 e. The first-order valence-corrected chi connectivity index (χ1v) is 14.9. The lowest BCUT2D eigenvalue weighted by Crippen LogP contribution is -2.42. The molecule has 2 aliphatic rings. The topological polar surface area (TPSA) is 91.0 Å². The second kappa shape index (κ2) is 13.2. The van der Waals surface area contributed by atoms with Crippen molar-refractivity contribution in [1.82, 2.24) is 19.8 Å². The maximum atomic E-state index is 13.2. The fourth-order valence-electron chi connectivity index (χ4n) is 5.57. The lowest BCUT2D eigenvalue weighted by atomic mass is 9.84. The second-order valence-corrected chi connectivity index (χ2v) is 12.8. The molecule has 1 saturated carbocycles. The van der Waals surface area contributed by atoms with Gasteiger partial charge < -0.3 is 20.3 Å². The molecule has 2 fully saturated rings. The van der Waals surface area contributed by atoms with E-state index in [4.69, 9.17) is 4.74 Å². The summed E-state index contributed by atoms with van der Waals surface area (Å²) in [5.41, 5.74) is 1.28. The fourth-order valence-corrected chi connectivity index (χ4v) is 7.14.